The summed E-state index contributed by atoms with van der Waals surface area (Å²) in [6.45, 7) is 4.58. The highest BCUT2D eigenvalue weighted by Crippen LogP contribution is 2.36. The van der Waals surface area contributed by atoms with E-state index in [0.29, 0.717) is 12.2 Å². The van der Waals surface area contributed by atoms with E-state index >= 15 is 0 Å². The maximum atomic E-state index is 12.5. The second kappa shape index (κ2) is 6.02. The van der Waals surface area contributed by atoms with Crippen LogP contribution in [0.4, 0.5) is 0 Å². The summed E-state index contributed by atoms with van der Waals surface area (Å²) in [6.07, 6.45) is 1.71. The van der Waals surface area contributed by atoms with Gasteiger partial charge in [-0.3, -0.25) is 9.78 Å². The molecule has 0 bridgehead atoms. The van der Waals surface area contributed by atoms with Crippen molar-refractivity contribution in [1.82, 2.24) is 14.9 Å². The summed E-state index contributed by atoms with van der Waals surface area (Å²) in [4.78, 5) is 16.8. The van der Waals surface area contributed by atoms with E-state index in [-0.39, 0.29) is 5.91 Å². The Bertz CT molecular complexity index is 1170. The van der Waals surface area contributed by atoms with E-state index in [9.17, 15) is 4.79 Å². The van der Waals surface area contributed by atoms with Crippen molar-refractivity contribution in [3.05, 3.63) is 47.8 Å². The highest BCUT2D eigenvalue weighted by atomic mass is 16.5. The first-order valence-electron chi connectivity index (χ1n) is 8.69. The Hall–Kier alpha value is -3.08. The smallest absolute Gasteiger partial charge is 0.270 e. The van der Waals surface area contributed by atoms with Crippen LogP contribution in [-0.4, -0.2) is 29.1 Å². The topological polar surface area (TPSA) is 56.1 Å². The van der Waals surface area contributed by atoms with Gasteiger partial charge in [0, 0.05) is 41.5 Å². The Morgan fingerprint density at radius 2 is 1.96 bits per heavy atom. The molecule has 0 spiro atoms. The number of ether oxygens (including phenoxy) is 1. The zero-order valence-electron chi connectivity index (χ0n) is 15.4. The first kappa shape index (κ1) is 16.4. The SMILES string of the molecule is CCNC(=O)c1nccc2c(C)c3c(cc12)c1cc(OC)ccc1n3C. The average Bonchev–Trinajstić information content (AvgIpc) is 2.93. The van der Waals surface area contributed by atoms with Crippen LogP contribution in [0.2, 0.25) is 0 Å². The fourth-order valence-electron chi connectivity index (χ4n) is 3.82. The number of carbonyl (C=O) groups is 1. The Labute approximate surface area is 151 Å². The standard InChI is InChI=1S/C21H21N3O2/c1-5-22-21(25)19-16-11-17-15-10-13(26-4)6-7-18(15)24(3)20(17)12(2)14(16)8-9-23-19/h6-11H,5H2,1-4H3,(H,22,25). The van der Waals surface area contributed by atoms with Crippen molar-refractivity contribution in [3.63, 3.8) is 0 Å². The lowest BCUT2D eigenvalue weighted by atomic mass is 10.00. The van der Waals surface area contributed by atoms with Crippen LogP contribution in [0.25, 0.3) is 32.6 Å². The number of amides is 1. The van der Waals surface area contributed by atoms with Gasteiger partial charge in [0.1, 0.15) is 11.4 Å². The summed E-state index contributed by atoms with van der Waals surface area (Å²) >= 11 is 0. The summed E-state index contributed by atoms with van der Waals surface area (Å²) in [5.74, 6) is 0.674. The summed E-state index contributed by atoms with van der Waals surface area (Å²) in [6, 6.07) is 10.1. The maximum absolute atomic E-state index is 12.5. The Morgan fingerprint density at radius 3 is 2.69 bits per heavy atom. The largest absolute Gasteiger partial charge is 0.497 e. The molecule has 0 fully saturated rings. The van der Waals surface area contributed by atoms with Gasteiger partial charge in [0.2, 0.25) is 0 Å². The minimum absolute atomic E-state index is 0.144. The zero-order chi connectivity index (χ0) is 18.4. The van der Waals surface area contributed by atoms with E-state index in [1.165, 1.54) is 0 Å². The number of aryl methyl sites for hydroxylation is 2. The van der Waals surface area contributed by atoms with E-state index in [4.69, 9.17) is 4.74 Å². The van der Waals surface area contributed by atoms with Gasteiger partial charge in [-0.2, -0.15) is 0 Å². The number of aromatic nitrogens is 2. The number of hydrogen-bond acceptors (Lipinski definition) is 3. The number of nitrogens with zero attached hydrogens (tertiary/aromatic N) is 2. The summed E-state index contributed by atoms with van der Waals surface area (Å²) < 4.78 is 7.61. The maximum Gasteiger partial charge on any atom is 0.270 e. The third-order valence-electron chi connectivity index (χ3n) is 5.04. The van der Waals surface area contributed by atoms with Crippen LogP contribution < -0.4 is 10.1 Å². The third kappa shape index (κ3) is 2.24. The number of nitrogens with one attached hydrogen (secondary N) is 1. The van der Waals surface area contributed by atoms with Gasteiger partial charge in [-0.1, -0.05) is 0 Å². The molecule has 5 nitrogen and oxygen atoms in total. The first-order valence-corrected chi connectivity index (χ1v) is 8.69. The van der Waals surface area contributed by atoms with Gasteiger partial charge in [0.05, 0.1) is 12.6 Å². The van der Waals surface area contributed by atoms with Crippen molar-refractivity contribution in [2.75, 3.05) is 13.7 Å². The second-order valence-corrected chi connectivity index (χ2v) is 6.45. The number of fused-ring (bicyclic) bond motifs is 4. The number of methoxy groups -OCH3 is 1. The molecule has 0 saturated carbocycles. The second-order valence-electron chi connectivity index (χ2n) is 6.45. The third-order valence-corrected chi connectivity index (χ3v) is 5.04. The van der Waals surface area contributed by atoms with E-state index in [2.05, 4.69) is 41.0 Å². The lowest BCUT2D eigenvalue weighted by Gasteiger charge is -2.10. The van der Waals surface area contributed by atoms with E-state index in [0.717, 1.165) is 43.9 Å². The molecule has 4 rings (SSSR count). The summed E-state index contributed by atoms with van der Waals surface area (Å²) in [5.41, 5.74) is 3.90. The molecule has 0 saturated heterocycles. The quantitative estimate of drug-likeness (QED) is 0.610. The first-order chi connectivity index (χ1) is 12.6. The highest BCUT2D eigenvalue weighted by molar-refractivity contribution is 6.17. The van der Waals surface area contributed by atoms with Crippen LogP contribution in [0.15, 0.2) is 36.5 Å². The van der Waals surface area contributed by atoms with Gasteiger partial charge in [0.25, 0.3) is 5.91 Å². The predicted molar refractivity (Wildman–Crippen MR) is 105 cm³/mol. The molecule has 0 aliphatic rings. The van der Waals surface area contributed by atoms with Gasteiger partial charge in [-0.15, -0.1) is 0 Å². The van der Waals surface area contributed by atoms with Gasteiger partial charge in [-0.05, 0) is 55.1 Å². The molecule has 0 aliphatic carbocycles. The molecule has 1 amide bonds. The van der Waals surface area contributed by atoms with E-state index in [1.54, 1.807) is 13.3 Å². The van der Waals surface area contributed by atoms with Crippen LogP contribution in [0.1, 0.15) is 23.0 Å². The highest BCUT2D eigenvalue weighted by Gasteiger charge is 2.18. The van der Waals surface area contributed by atoms with E-state index in [1.807, 2.05) is 25.1 Å². The molecule has 4 aromatic rings. The van der Waals surface area contributed by atoms with Crippen molar-refractivity contribution in [2.45, 2.75) is 13.8 Å². The van der Waals surface area contributed by atoms with Crippen LogP contribution in [0.5, 0.6) is 5.75 Å². The van der Waals surface area contributed by atoms with E-state index < -0.39 is 0 Å². The molecule has 2 aromatic carbocycles. The van der Waals surface area contributed by atoms with Gasteiger partial charge in [0.15, 0.2) is 0 Å². The van der Waals surface area contributed by atoms with Crippen LogP contribution in [0, 0.1) is 6.92 Å². The Balaban J connectivity index is 2.16. The monoisotopic (exact) mass is 347 g/mol. The van der Waals surface area contributed by atoms with Crippen LogP contribution >= 0.6 is 0 Å². The molecule has 132 valence electrons. The van der Waals surface area contributed by atoms with Crippen molar-refractivity contribution >= 4 is 38.5 Å². The molecule has 0 unspecified atom stereocenters. The lowest BCUT2D eigenvalue weighted by Crippen LogP contribution is -2.24. The Kier molecular flexibility index (Phi) is 3.80. The number of pyridine rings is 1. The molecule has 5 heteroatoms. The number of carbonyl (C=O) groups excluding carboxylic acids is 1. The molecular formula is C21H21N3O2. The molecule has 1 N–H and O–H groups in total. The van der Waals surface area contributed by atoms with Crippen molar-refractivity contribution in [2.24, 2.45) is 7.05 Å². The van der Waals surface area contributed by atoms with Crippen LogP contribution in [0.3, 0.4) is 0 Å². The van der Waals surface area contributed by atoms with Crippen molar-refractivity contribution < 1.29 is 9.53 Å². The summed E-state index contributed by atoms with van der Waals surface area (Å²) in [5, 5.41) is 6.99. The number of rotatable bonds is 3. The molecule has 0 atom stereocenters. The minimum atomic E-state index is -0.144. The fraction of sp³-hybridized carbons (Fsp3) is 0.238. The van der Waals surface area contributed by atoms with Crippen molar-refractivity contribution in [1.29, 1.82) is 0 Å². The molecule has 0 aliphatic heterocycles. The predicted octanol–water partition coefficient (Wildman–Crippen LogP) is 3.95. The minimum Gasteiger partial charge on any atom is -0.497 e. The molecule has 2 heterocycles. The normalized spacial score (nSPS) is 11.4. The summed E-state index contributed by atoms with van der Waals surface area (Å²) in [7, 11) is 3.74. The van der Waals surface area contributed by atoms with Crippen LogP contribution in [-0.2, 0) is 7.05 Å². The Morgan fingerprint density at radius 1 is 1.15 bits per heavy atom. The zero-order valence-corrected chi connectivity index (χ0v) is 15.4. The molecular weight excluding hydrogens is 326 g/mol. The molecule has 0 radical (unpaired) electrons. The molecule has 26 heavy (non-hydrogen) atoms. The lowest BCUT2D eigenvalue weighted by molar-refractivity contribution is 0.0952. The molecule has 2 aromatic heterocycles. The van der Waals surface area contributed by atoms with Gasteiger partial charge in [-0.25, -0.2) is 0 Å². The average molecular weight is 347 g/mol. The number of hydrogen-bond donors (Lipinski definition) is 1. The van der Waals surface area contributed by atoms with Crippen molar-refractivity contribution in [3.8, 4) is 5.75 Å². The fourth-order valence-corrected chi connectivity index (χ4v) is 3.82. The van der Waals surface area contributed by atoms with Gasteiger partial charge >= 0.3 is 0 Å². The van der Waals surface area contributed by atoms with Gasteiger partial charge < -0.3 is 14.6 Å². The number of benzene rings is 2.